The van der Waals surface area contributed by atoms with Gasteiger partial charge in [0.25, 0.3) is 0 Å². The summed E-state index contributed by atoms with van der Waals surface area (Å²) in [6.45, 7) is 0.383. The molecule has 5 rings (SSSR count). The molecule has 1 aliphatic rings. The van der Waals surface area contributed by atoms with E-state index in [-0.39, 0.29) is 34.7 Å². The molecule has 0 atom stereocenters. The van der Waals surface area contributed by atoms with Gasteiger partial charge in [0.2, 0.25) is 21.8 Å². The van der Waals surface area contributed by atoms with E-state index in [2.05, 4.69) is 10.3 Å². The number of fused-ring (bicyclic) bond motifs is 1. The molecule has 0 bridgehead atoms. The molecular weight excluding hydrogens is 514 g/mol. The van der Waals surface area contributed by atoms with Crippen LogP contribution in [0.15, 0.2) is 87.0 Å². The van der Waals surface area contributed by atoms with E-state index in [1.54, 1.807) is 12.1 Å². The topological polar surface area (TPSA) is 127 Å². The van der Waals surface area contributed by atoms with Gasteiger partial charge >= 0.3 is 0 Å². The number of piperidine rings is 1. The van der Waals surface area contributed by atoms with Crippen molar-refractivity contribution in [2.45, 2.75) is 22.6 Å². The molecule has 0 spiro atoms. The first-order valence-electron chi connectivity index (χ1n) is 11.7. The number of anilines is 1. The Kier molecular flexibility index (Phi) is 6.61. The van der Waals surface area contributed by atoms with E-state index in [4.69, 9.17) is 4.42 Å². The van der Waals surface area contributed by atoms with Crippen LogP contribution in [0.3, 0.4) is 0 Å². The number of nitrogens with one attached hydrogen (secondary N) is 1. The highest BCUT2D eigenvalue weighted by atomic mass is 32.2. The lowest BCUT2D eigenvalue weighted by molar-refractivity contribution is -0.120. The minimum Gasteiger partial charge on any atom is -0.436 e. The molecule has 0 aliphatic carbocycles. The van der Waals surface area contributed by atoms with Crippen LogP contribution in [-0.4, -0.2) is 51.4 Å². The van der Waals surface area contributed by atoms with Crippen molar-refractivity contribution in [2.75, 3.05) is 24.7 Å². The maximum absolute atomic E-state index is 13.0. The normalized spacial score (nSPS) is 15.6. The molecule has 1 amide bonds. The van der Waals surface area contributed by atoms with Crippen molar-refractivity contribution in [3.05, 3.63) is 72.8 Å². The van der Waals surface area contributed by atoms with Gasteiger partial charge in [0.05, 0.1) is 9.79 Å². The number of hydrogen-bond donors (Lipinski definition) is 1. The Bertz CT molecular complexity index is 1640. The number of rotatable bonds is 6. The number of benzene rings is 3. The third-order valence-electron chi connectivity index (χ3n) is 6.39. The van der Waals surface area contributed by atoms with Crippen LogP contribution >= 0.6 is 0 Å². The molecule has 11 heteroatoms. The van der Waals surface area contributed by atoms with Crippen LogP contribution in [0.4, 0.5) is 5.69 Å². The standard InChI is InChI=1S/C26H25N3O6S2/c1-36(31,32)21-9-11-22(12-10-21)37(33,34)29-15-13-18(14-16-29)25(30)27-20-6-4-5-19(17-20)26-28-23-7-2-3-8-24(23)35-26/h2-12,17-18H,13-16H2,1H3,(H,27,30). The molecule has 2 heterocycles. The molecule has 0 radical (unpaired) electrons. The van der Waals surface area contributed by atoms with E-state index >= 15 is 0 Å². The Balaban J connectivity index is 1.22. The minimum atomic E-state index is -3.79. The van der Waals surface area contributed by atoms with Crippen LogP contribution < -0.4 is 5.32 Å². The fraction of sp³-hybridized carbons (Fsp3) is 0.231. The zero-order chi connectivity index (χ0) is 26.2. The number of aromatic nitrogens is 1. The van der Waals surface area contributed by atoms with Gasteiger partial charge < -0.3 is 9.73 Å². The Morgan fingerprint density at radius 2 is 1.59 bits per heavy atom. The highest BCUT2D eigenvalue weighted by molar-refractivity contribution is 7.90. The molecule has 0 saturated carbocycles. The molecule has 4 aromatic rings. The Hall–Kier alpha value is -3.54. The summed E-state index contributed by atoms with van der Waals surface area (Å²) >= 11 is 0. The van der Waals surface area contributed by atoms with Crippen molar-refractivity contribution in [2.24, 2.45) is 5.92 Å². The highest BCUT2D eigenvalue weighted by Gasteiger charge is 2.32. The van der Waals surface area contributed by atoms with Crippen LogP contribution in [-0.2, 0) is 24.7 Å². The van der Waals surface area contributed by atoms with E-state index < -0.39 is 19.9 Å². The number of nitrogens with zero attached hydrogens (tertiary/aromatic N) is 2. The molecule has 192 valence electrons. The summed E-state index contributed by atoms with van der Waals surface area (Å²) in [5.74, 6) is -0.0586. The summed E-state index contributed by atoms with van der Waals surface area (Å²) in [6, 6.07) is 19.9. The number of sulfonamides is 1. The van der Waals surface area contributed by atoms with Gasteiger partial charge in [-0.25, -0.2) is 21.8 Å². The summed E-state index contributed by atoms with van der Waals surface area (Å²) in [5.41, 5.74) is 2.77. The number of para-hydroxylation sites is 2. The predicted molar refractivity (Wildman–Crippen MR) is 139 cm³/mol. The number of carbonyl (C=O) groups is 1. The first-order chi connectivity index (χ1) is 17.6. The predicted octanol–water partition coefficient (Wildman–Crippen LogP) is 3.94. The third kappa shape index (κ3) is 5.29. The maximum Gasteiger partial charge on any atom is 0.243 e. The number of amides is 1. The summed E-state index contributed by atoms with van der Waals surface area (Å²) in [5, 5.41) is 2.93. The van der Waals surface area contributed by atoms with E-state index in [1.165, 1.54) is 28.6 Å². The van der Waals surface area contributed by atoms with Crippen LogP contribution in [0, 0.1) is 5.92 Å². The lowest BCUT2D eigenvalue weighted by Crippen LogP contribution is -2.41. The number of sulfone groups is 1. The maximum atomic E-state index is 13.0. The molecule has 1 fully saturated rings. The fourth-order valence-electron chi connectivity index (χ4n) is 4.34. The summed E-state index contributed by atoms with van der Waals surface area (Å²) in [6.07, 6.45) is 1.81. The minimum absolute atomic E-state index is 0.0267. The van der Waals surface area contributed by atoms with Crippen molar-refractivity contribution < 1.29 is 26.0 Å². The average Bonchev–Trinajstić information content (AvgIpc) is 3.33. The van der Waals surface area contributed by atoms with Gasteiger partial charge in [-0.3, -0.25) is 4.79 Å². The van der Waals surface area contributed by atoms with Gasteiger partial charge in [0.15, 0.2) is 15.4 Å². The van der Waals surface area contributed by atoms with E-state index in [9.17, 15) is 21.6 Å². The molecule has 1 N–H and O–H groups in total. The SMILES string of the molecule is CS(=O)(=O)c1ccc(S(=O)(=O)N2CCC(C(=O)Nc3cccc(-c4nc5ccccc5o4)c3)CC2)cc1. The quantitative estimate of drug-likeness (QED) is 0.393. The largest absolute Gasteiger partial charge is 0.436 e. The van der Waals surface area contributed by atoms with Gasteiger partial charge in [0, 0.05) is 36.5 Å². The Morgan fingerprint density at radius 3 is 2.27 bits per heavy atom. The van der Waals surface area contributed by atoms with Crippen molar-refractivity contribution in [3.63, 3.8) is 0 Å². The van der Waals surface area contributed by atoms with Crippen molar-refractivity contribution >= 4 is 42.6 Å². The number of oxazole rings is 1. The summed E-state index contributed by atoms with van der Waals surface area (Å²) in [7, 11) is -7.21. The smallest absolute Gasteiger partial charge is 0.243 e. The number of carbonyl (C=O) groups excluding carboxylic acids is 1. The van der Waals surface area contributed by atoms with E-state index in [0.29, 0.717) is 30.0 Å². The van der Waals surface area contributed by atoms with Crippen LogP contribution in [0.1, 0.15) is 12.8 Å². The zero-order valence-corrected chi connectivity index (χ0v) is 21.6. The lowest BCUT2D eigenvalue weighted by atomic mass is 9.97. The molecule has 9 nitrogen and oxygen atoms in total. The van der Waals surface area contributed by atoms with Gasteiger partial charge in [-0.15, -0.1) is 0 Å². The summed E-state index contributed by atoms with van der Waals surface area (Å²) < 4.78 is 56.5. The first-order valence-corrected chi connectivity index (χ1v) is 15.0. The van der Waals surface area contributed by atoms with Gasteiger partial charge in [-0.1, -0.05) is 18.2 Å². The first kappa shape index (κ1) is 25.1. The average molecular weight is 540 g/mol. The molecular formula is C26H25N3O6S2. The van der Waals surface area contributed by atoms with Crippen LogP contribution in [0.25, 0.3) is 22.6 Å². The Labute approximate surface area is 215 Å². The number of hydrogen-bond acceptors (Lipinski definition) is 7. The van der Waals surface area contributed by atoms with E-state index in [0.717, 1.165) is 17.3 Å². The van der Waals surface area contributed by atoms with Crippen LogP contribution in [0.2, 0.25) is 0 Å². The highest BCUT2D eigenvalue weighted by Crippen LogP contribution is 2.28. The third-order valence-corrected chi connectivity index (χ3v) is 9.43. The van der Waals surface area contributed by atoms with Crippen molar-refractivity contribution in [3.8, 4) is 11.5 Å². The second-order valence-corrected chi connectivity index (χ2v) is 12.9. The Morgan fingerprint density at radius 1 is 0.919 bits per heavy atom. The van der Waals surface area contributed by atoms with Gasteiger partial charge in [0.1, 0.15) is 5.52 Å². The van der Waals surface area contributed by atoms with Crippen molar-refractivity contribution in [1.29, 1.82) is 0 Å². The molecule has 0 unspecified atom stereocenters. The van der Waals surface area contributed by atoms with Gasteiger partial charge in [-0.05, 0) is 67.4 Å². The van der Waals surface area contributed by atoms with E-state index in [1.807, 2.05) is 36.4 Å². The molecule has 1 saturated heterocycles. The second-order valence-electron chi connectivity index (χ2n) is 8.98. The van der Waals surface area contributed by atoms with Crippen molar-refractivity contribution in [1.82, 2.24) is 9.29 Å². The summed E-state index contributed by atoms with van der Waals surface area (Å²) in [4.78, 5) is 17.5. The lowest BCUT2D eigenvalue weighted by Gasteiger charge is -2.30. The monoisotopic (exact) mass is 539 g/mol. The molecule has 3 aromatic carbocycles. The molecule has 1 aliphatic heterocycles. The van der Waals surface area contributed by atoms with Crippen LogP contribution in [0.5, 0.6) is 0 Å². The fourth-order valence-corrected chi connectivity index (χ4v) is 6.44. The second kappa shape index (κ2) is 9.73. The molecule has 37 heavy (non-hydrogen) atoms. The van der Waals surface area contributed by atoms with Gasteiger partial charge in [-0.2, -0.15) is 4.31 Å². The molecule has 1 aromatic heterocycles. The zero-order valence-electron chi connectivity index (χ0n) is 20.0.